The maximum atomic E-state index is 13.8. The van der Waals surface area contributed by atoms with Crippen molar-refractivity contribution in [1.29, 1.82) is 0 Å². The van der Waals surface area contributed by atoms with E-state index in [0.717, 1.165) is 31.7 Å². The fraction of sp³-hybridized carbons (Fsp3) is 0.556. The number of halogens is 1. The monoisotopic (exact) mass is 355 g/mol. The van der Waals surface area contributed by atoms with E-state index in [4.69, 9.17) is 4.74 Å². The van der Waals surface area contributed by atoms with Crippen LogP contribution >= 0.6 is 0 Å². The molecule has 1 saturated carbocycles. The van der Waals surface area contributed by atoms with Gasteiger partial charge in [-0.05, 0) is 51.2 Å². The Morgan fingerprint density at radius 1 is 1.38 bits per heavy atom. The zero-order chi connectivity index (χ0) is 17.8. The summed E-state index contributed by atoms with van der Waals surface area (Å²) in [4.78, 5) is 0.00617. The van der Waals surface area contributed by atoms with Gasteiger partial charge in [-0.1, -0.05) is 25.5 Å². The number of hydrogen-bond acceptors (Lipinski definition) is 3. The minimum Gasteiger partial charge on any atom is -0.490 e. The smallest absolute Gasteiger partial charge is 0.241 e. The third kappa shape index (κ3) is 5.60. The lowest BCUT2D eigenvalue weighted by Crippen LogP contribution is -2.41. The SMILES string of the molecule is CCC/C=C/C(C)(C)NS(=O)(=O)c1ccc(F)c(OCC2CC2)c1. The van der Waals surface area contributed by atoms with Gasteiger partial charge in [-0.2, -0.15) is 0 Å². The summed E-state index contributed by atoms with van der Waals surface area (Å²) in [7, 11) is -3.77. The average molecular weight is 355 g/mol. The Kier molecular flexibility index (Phi) is 6.04. The molecule has 1 aliphatic carbocycles. The van der Waals surface area contributed by atoms with Gasteiger partial charge in [-0.3, -0.25) is 0 Å². The van der Waals surface area contributed by atoms with Gasteiger partial charge in [0.1, 0.15) is 0 Å². The number of sulfonamides is 1. The number of hydrogen-bond donors (Lipinski definition) is 1. The van der Waals surface area contributed by atoms with Gasteiger partial charge < -0.3 is 4.74 Å². The molecule has 0 heterocycles. The molecule has 0 aliphatic heterocycles. The number of allylic oxidation sites excluding steroid dienone is 1. The molecule has 24 heavy (non-hydrogen) atoms. The van der Waals surface area contributed by atoms with Crippen molar-refractivity contribution in [2.45, 2.75) is 56.9 Å². The van der Waals surface area contributed by atoms with Crippen LogP contribution in [-0.2, 0) is 10.0 Å². The lowest BCUT2D eigenvalue weighted by atomic mass is 10.1. The van der Waals surface area contributed by atoms with Crippen LogP contribution in [0, 0.1) is 11.7 Å². The summed E-state index contributed by atoms with van der Waals surface area (Å²) in [5.41, 5.74) is -0.725. The predicted octanol–water partition coefficient (Wildman–Crippen LogP) is 4.03. The van der Waals surface area contributed by atoms with E-state index < -0.39 is 21.4 Å². The van der Waals surface area contributed by atoms with Gasteiger partial charge >= 0.3 is 0 Å². The molecule has 1 aromatic rings. The van der Waals surface area contributed by atoms with Crippen molar-refractivity contribution in [3.05, 3.63) is 36.2 Å². The topological polar surface area (TPSA) is 55.4 Å². The summed E-state index contributed by atoms with van der Waals surface area (Å²) in [6.07, 6.45) is 7.85. The molecule has 0 spiro atoms. The van der Waals surface area contributed by atoms with Crippen LogP contribution in [0.1, 0.15) is 46.5 Å². The van der Waals surface area contributed by atoms with Crippen molar-refractivity contribution in [2.75, 3.05) is 6.61 Å². The van der Waals surface area contributed by atoms with Crippen molar-refractivity contribution in [3.8, 4) is 5.75 Å². The van der Waals surface area contributed by atoms with E-state index >= 15 is 0 Å². The Labute approximate surface area is 144 Å². The van der Waals surface area contributed by atoms with E-state index in [9.17, 15) is 12.8 Å². The Bertz CT molecular complexity index is 694. The van der Waals surface area contributed by atoms with E-state index in [1.807, 2.05) is 12.2 Å². The van der Waals surface area contributed by atoms with Crippen LogP contribution in [0.25, 0.3) is 0 Å². The highest BCUT2D eigenvalue weighted by Crippen LogP contribution is 2.31. The highest BCUT2D eigenvalue weighted by atomic mass is 32.2. The van der Waals surface area contributed by atoms with Crippen LogP contribution in [-0.4, -0.2) is 20.6 Å². The largest absolute Gasteiger partial charge is 0.490 e. The third-order valence-electron chi connectivity index (χ3n) is 3.77. The van der Waals surface area contributed by atoms with Crippen molar-refractivity contribution in [1.82, 2.24) is 4.72 Å². The maximum absolute atomic E-state index is 13.8. The first-order chi connectivity index (χ1) is 11.2. The molecule has 134 valence electrons. The van der Waals surface area contributed by atoms with Crippen molar-refractivity contribution >= 4 is 10.0 Å². The van der Waals surface area contributed by atoms with E-state index in [2.05, 4.69) is 11.6 Å². The van der Waals surface area contributed by atoms with Gasteiger partial charge in [0.05, 0.1) is 11.5 Å². The molecule has 1 aromatic carbocycles. The lowest BCUT2D eigenvalue weighted by Gasteiger charge is -2.22. The molecule has 1 fully saturated rings. The summed E-state index contributed by atoms with van der Waals surface area (Å²) in [6, 6.07) is 3.65. The summed E-state index contributed by atoms with van der Waals surface area (Å²) in [5.74, 6) is -0.0915. The van der Waals surface area contributed by atoms with Crippen LogP contribution in [0.5, 0.6) is 5.75 Å². The fourth-order valence-electron chi connectivity index (χ4n) is 2.24. The molecule has 6 heteroatoms. The molecule has 0 atom stereocenters. The average Bonchev–Trinajstić information content (AvgIpc) is 3.29. The van der Waals surface area contributed by atoms with Crippen LogP contribution in [0.3, 0.4) is 0 Å². The van der Waals surface area contributed by atoms with Crippen molar-refractivity contribution < 1.29 is 17.5 Å². The standard InChI is InChI=1S/C18H26FNO3S/c1-4-5-6-11-18(2,3)20-24(21,22)15-9-10-16(19)17(12-15)23-13-14-7-8-14/h6,9-12,14,20H,4-5,7-8,13H2,1-3H3/b11-6+. The van der Waals surface area contributed by atoms with Crippen molar-refractivity contribution in [2.24, 2.45) is 5.92 Å². The predicted molar refractivity (Wildman–Crippen MR) is 93.1 cm³/mol. The second kappa shape index (κ2) is 7.66. The highest BCUT2D eigenvalue weighted by Gasteiger charge is 2.26. The molecule has 0 radical (unpaired) electrons. The first kappa shape index (κ1) is 18.9. The first-order valence-corrected chi connectivity index (χ1v) is 9.86. The Balaban J connectivity index is 2.14. The second-order valence-corrected chi connectivity index (χ2v) is 8.55. The number of ether oxygens (including phenoxy) is 1. The molecular weight excluding hydrogens is 329 g/mol. The molecule has 0 bridgehead atoms. The molecule has 0 aromatic heterocycles. The summed E-state index contributed by atoms with van der Waals surface area (Å²) >= 11 is 0. The zero-order valence-electron chi connectivity index (χ0n) is 14.5. The van der Waals surface area contributed by atoms with E-state index in [1.165, 1.54) is 12.1 Å². The fourth-order valence-corrected chi connectivity index (χ4v) is 3.63. The van der Waals surface area contributed by atoms with Gasteiger partial charge in [0.15, 0.2) is 11.6 Å². The lowest BCUT2D eigenvalue weighted by molar-refractivity contribution is 0.284. The number of benzene rings is 1. The molecular formula is C18H26FNO3S. The normalized spacial score (nSPS) is 15.8. The minimum atomic E-state index is -3.77. The first-order valence-electron chi connectivity index (χ1n) is 8.37. The van der Waals surface area contributed by atoms with Crippen LogP contribution in [0.2, 0.25) is 0 Å². The molecule has 0 saturated heterocycles. The van der Waals surface area contributed by atoms with Crippen LogP contribution in [0.15, 0.2) is 35.2 Å². The highest BCUT2D eigenvalue weighted by molar-refractivity contribution is 7.89. The Hall–Kier alpha value is -1.40. The molecule has 0 amide bonds. The van der Waals surface area contributed by atoms with E-state index in [1.54, 1.807) is 13.8 Å². The summed E-state index contributed by atoms with van der Waals surface area (Å²) in [6.45, 7) is 6.05. The Morgan fingerprint density at radius 3 is 2.71 bits per heavy atom. The minimum absolute atomic E-state index is 0.00617. The molecule has 1 N–H and O–H groups in total. The number of nitrogens with one attached hydrogen (secondary N) is 1. The number of unbranched alkanes of at least 4 members (excludes halogenated alkanes) is 1. The molecule has 2 rings (SSSR count). The molecule has 0 unspecified atom stereocenters. The van der Waals surface area contributed by atoms with Gasteiger partial charge in [0.25, 0.3) is 0 Å². The summed E-state index contributed by atoms with van der Waals surface area (Å²) in [5, 5.41) is 0. The zero-order valence-corrected chi connectivity index (χ0v) is 15.3. The van der Waals surface area contributed by atoms with E-state index in [0.29, 0.717) is 12.5 Å². The maximum Gasteiger partial charge on any atom is 0.241 e. The van der Waals surface area contributed by atoms with E-state index in [-0.39, 0.29) is 10.6 Å². The van der Waals surface area contributed by atoms with Crippen LogP contribution in [0.4, 0.5) is 4.39 Å². The van der Waals surface area contributed by atoms with Crippen LogP contribution < -0.4 is 9.46 Å². The number of rotatable bonds is 9. The van der Waals surface area contributed by atoms with Gasteiger partial charge in [0, 0.05) is 11.6 Å². The van der Waals surface area contributed by atoms with Gasteiger partial charge in [0.2, 0.25) is 10.0 Å². The third-order valence-corrected chi connectivity index (χ3v) is 5.44. The summed E-state index contributed by atoms with van der Waals surface area (Å²) < 4.78 is 47.0. The molecule has 1 aliphatic rings. The van der Waals surface area contributed by atoms with Gasteiger partial charge in [-0.25, -0.2) is 17.5 Å². The van der Waals surface area contributed by atoms with Crippen molar-refractivity contribution in [3.63, 3.8) is 0 Å². The second-order valence-electron chi connectivity index (χ2n) is 6.86. The van der Waals surface area contributed by atoms with Gasteiger partial charge in [-0.15, -0.1) is 0 Å². The Morgan fingerprint density at radius 2 is 2.08 bits per heavy atom. The quantitative estimate of drug-likeness (QED) is 0.681. The molecule has 4 nitrogen and oxygen atoms in total.